The normalized spacial score (nSPS) is 9.25. The van der Waals surface area contributed by atoms with E-state index in [1.807, 2.05) is 0 Å². The van der Waals surface area contributed by atoms with Crippen molar-refractivity contribution in [2.75, 3.05) is 6.54 Å². The smallest absolute Gasteiger partial charge is 0.217 e. The zero-order valence-electron chi connectivity index (χ0n) is 5.65. The van der Waals surface area contributed by atoms with Gasteiger partial charge in [0.15, 0.2) is 0 Å². The molecule has 0 aliphatic rings. The van der Waals surface area contributed by atoms with Gasteiger partial charge in [-0.2, -0.15) is 0 Å². The van der Waals surface area contributed by atoms with E-state index in [1.165, 1.54) is 0 Å². The average molecular weight is 111 g/mol. The van der Waals surface area contributed by atoms with Crippen LogP contribution in [0, 0.1) is 12.5 Å². The van der Waals surface area contributed by atoms with E-state index in [0.29, 0.717) is 12.5 Å². The van der Waals surface area contributed by atoms with E-state index in [4.69, 9.17) is 6.57 Å². The Bertz CT molecular complexity index is 76.9. The van der Waals surface area contributed by atoms with Gasteiger partial charge >= 0.3 is 0 Å². The molecule has 0 aromatic rings. The van der Waals surface area contributed by atoms with Gasteiger partial charge in [0.25, 0.3) is 0 Å². The minimum absolute atomic E-state index is 0.646. The van der Waals surface area contributed by atoms with Crippen molar-refractivity contribution < 1.29 is 0 Å². The monoisotopic (exact) mass is 111 g/mol. The summed E-state index contributed by atoms with van der Waals surface area (Å²) in [5.74, 6) is 0.646. The fourth-order valence-electron chi connectivity index (χ4n) is 0.676. The first kappa shape index (κ1) is 7.49. The standard InChI is InChI=1S/C7H13N/c1-4-7(5-2)6-8-3/h7H,4-6H2,1-2H3. The summed E-state index contributed by atoms with van der Waals surface area (Å²) in [5, 5.41) is 0. The van der Waals surface area contributed by atoms with Gasteiger partial charge in [0, 0.05) is 5.92 Å². The molecule has 0 saturated heterocycles. The highest BCUT2D eigenvalue weighted by Gasteiger charge is 2.03. The van der Waals surface area contributed by atoms with E-state index in [9.17, 15) is 0 Å². The van der Waals surface area contributed by atoms with Crippen molar-refractivity contribution in [2.45, 2.75) is 26.7 Å². The summed E-state index contributed by atoms with van der Waals surface area (Å²) in [5.41, 5.74) is 0. The molecule has 1 nitrogen and oxygen atoms in total. The third kappa shape index (κ3) is 2.63. The van der Waals surface area contributed by atoms with Crippen LogP contribution in [0.5, 0.6) is 0 Å². The van der Waals surface area contributed by atoms with Crippen LogP contribution in [-0.4, -0.2) is 6.54 Å². The van der Waals surface area contributed by atoms with Gasteiger partial charge in [-0.1, -0.05) is 13.8 Å². The molecule has 0 heterocycles. The molecule has 0 atom stereocenters. The second kappa shape index (κ2) is 4.64. The Kier molecular flexibility index (Phi) is 4.35. The molecule has 1 heteroatoms. The third-order valence-electron chi connectivity index (χ3n) is 1.50. The second-order valence-electron chi connectivity index (χ2n) is 2.02. The molecule has 0 radical (unpaired) electrons. The minimum atomic E-state index is 0.646. The summed E-state index contributed by atoms with van der Waals surface area (Å²) >= 11 is 0. The van der Waals surface area contributed by atoms with Crippen molar-refractivity contribution >= 4 is 0 Å². The van der Waals surface area contributed by atoms with E-state index >= 15 is 0 Å². The molecule has 0 fully saturated rings. The Morgan fingerprint density at radius 1 is 1.38 bits per heavy atom. The molecule has 0 aromatic heterocycles. The molecule has 0 aliphatic carbocycles. The Labute approximate surface area is 51.5 Å². The zero-order valence-corrected chi connectivity index (χ0v) is 5.65. The van der Waals surface area contributed by atoms with Crippen LogP contribution in [0.15, 0.2) is 0 Å². The molecule has 0 aliphatic heterocycles. The van der Waals surface area contributed by atoms with Crippen molar-refractivity contribution in [1.29, 1.82) is 0 Å². The lowest BCUT2D eigenvalue weighted by atomic mass is 10.0. The molecular weight excluding hydrogens is 98.1 g/mol. The molecule has 0 amide bonds. The lowest BCUT2D eigenvalue weighted by Crippen LogP contribution is -1.98. The Morgan fingerprint density at radius 2 is 1.88 bits per heavy atom. The molecule has 0 rings (SSSR count). The van der Waals surface area contributed by atoms with E-state index in [0.717, 1.165) is 12.8 Å². The van der Waals surface area contributed by atoms with Crippen molar-refractivity contribution in [3.63, 3.8) is 0 Å². The number of hydrogen-bond donors (Lipinski definition) is 0. The maximum Gasteiger partial charge on any atom is 0.217 e. The number of nitrogens with zero attached hydrogens (tertiary/aromatic N) is 1. The van der Waals surface area contributed by atoms with Gasteiger partial charge in [-0.05, 0) is 12.8 Å². The Hall–Kier alpha value is -0.510. The molecule has 0 bridgehead atoms. The molecule has 46 valence electrons. The van der Waals surface area contributed by atoms with Crippen molar-refractivity contribution in [1.82, 2.24) is 0 Å². The highest BCUT2D eigenvalue weighted by atomic mass is 14.6. The fourth-order valence-corrected chi connectivity index (χ4v) is 0.676. The van der Waals surface area contributed by atoms with Gasteiger partial charge in [-0.25, -0.2) is 6.57 Å². The van der Waals surface area contributed by atoms with Crippen LogP contribution in [0.4, 0.5) is 0 Å². The lowest BCUT2D eigenvalue weighted by Gasteiger charge is -2.00. The molecule has 0 aromatic carbocycles. The van der Waals surface area contributed by atoms with Crippen LogP contribution in [0.3, 0.4) is 0 Å². The van der Waals surface area contributed by atoms with Gasteiger partial charge in [0.05, 0.1) is 0 Å². The lowest BCUT2D eigenvalue weighted by molar-refractivity contribution is 0.531. The Balaban J connectivity index is 3.25. The van der Waals surface area contributed by atoms with Gasteiger partial charge in [-0.15, -0.1) is 0 Å². The predicted octanol–water partition coefficient (Wildman–Crippen LogP) is 2.34. The van der Waals surface area contributed by atoms with Crippen LogP contribution >= 0.6 is 0 Å². The zero-order chi connectivity index (χ0) is 6.41. The summed E-state index contributed by atoms with van der Waals surface area (Å²) in [6, 6.07) is 0. The topological polar surface area (TPSA) is 4.36 Å². The van der Waals surface area contributed by atoms with E-state index in [1.54, 1.807) is 0 Å². The minimum Gasteiger partial charge on any atom is -0.317 e. The third-order valence-corrected chi connectivity index (χ3v) is 1.50. The van der Waals surface area contributed by atoms with Gasteiger partial charge in [0.1, 0.15) is 0 Å². The largest absolute Gasteiger partial charge is 0.317 e. The quantitative estimate of drug-likeness (QED) is 0.492. The summed E-state index contributed by atoms with van der Waals surface area (Å²) in [6.45, 7) is 11.6. The molecule has 0 unspecified atom stereocenters. The van der Waals surface area contributed by atoms with Crippen LogP contribution in [0.25, 0.3) is 4.85 Å². The molecular formula is C7H13N. The van der Waals surface area contributed by atoms with Gasteiger partial charge in [-0.3, -0.25) is 0 Å². The van der Waals surface area contributed by atoms with Crippen LogP contribution < -0.4 is 0 Å². The molecule has 0 saturated carbocycles. The number of hydrogen-bond acceptors (Lipinski definition) is 0. The fraction of sp³-hybridized carbons (Fsp3) is 0.857. The predicted molar refractivity (Wildman–Crippen MR) is 35.5 cm³/mol. The van der Waals surface area contributed by atoms with Crippen LogP contribution in [0.2, 0.25) is 0 Å². The van der Waals surface area contributed by atoms with E-state index < -0.39 is 0 Å². The SMILES string of the molecule is [C-]#[N+]CC(CC)CC. The van der Waals surface area contributed by atoms with E-state index in [-0.39, 0.29) is 0 Å². The highest BCUT2D eigenvalue weighted by molar-refractivity contribution is 4.66. The summed E-state index contributed by atoms with van der Waals surface area (Å²) in [6.07, 6.45) is 2.30. The van der Waals surface area contributed by atoms with Crippen molar-refractivity contribution in [3.05, 3.63) is 11.4 Å². The first-order chi connectivity index (χ1) is 3.85. The first-order valence-electron chi connectivity index (χ1n) is 3.18. The average Bonchev–Trinajstić information content (AvgIpc) is 1.83. The highest BCUT2D eigenvalue weighted by Crippen LogP contribution is 2.06. The van der Waals surface area contributed by atoms with Gasteiger partial charge < -0.3 is 4.85 Å². The van der Waals surface area contributed by atoms with Crippen molar-refractivity contribution in [2.24, 2.45) is 5.92 Å². The van der Waals surface area contributed by atoms with Crippen molar-refractivity contribution in [3.8, 4) is 0 Å². The maximum absolute atomic E-state index is 6.56. The molecule has 8 heavy (non-hydrogen) atoms. The second-order valence-corrected chi connectivity index (χ2v) is 2.02. The number of rotatable bonds is 3. The summed E-state index contributed by atoms with van der Waals surface area (Å²) < 4.78 is 0. The maximum atomic E-state index is 6.56. The summed E-state index contributed by atoms with van der Waals surface area (Å²) in [4.78, 5) is 3.33. The Morgan fingerprint density at radius 3 is 2.00 bits per heavy atom. The molecule has 0 N–H and O–H groups in total. The van der Waals surface area contributed by atoms with E-state index in [2.05, 4.69) is 18.7 Å². The van der Waals surface area contributed by atoms with Gasteiger partial charge in [0.2, 0.25) is 6.54 Å². The first-order valence-corrected chi connectivity index (χ1v) is 3.18. The van der Waals surface area contributed by atoms with Crippen LogP contribution in [0.1, 0.15) is 26.7 Å². The summed E-state index contributed by atoms with van der Waals surface area (Å²) in [7, 11) is 0. The molecule has 0 spiro atoms. The van der Waals surface area contributed by atoms with Crippen LogP contribution in [-0.2, 0) is 0 Å².